The second-order valence-corrected chi connectivity index (χ2v) is 4.03. The Labute approximate surface area is 115 Å². The van der Waals surface area contributed by atoms with Crippen molar-refractivity contribution in [3.63, 3.8) is 0 Å². The van der Waals surface area contributed by atoms with Crippen molar-refractivity contribution in [2.75, 3.05) is 13.7 Å². The lowest BCUT2D eigenvalue weighted by molar-refractivity contribution is -0.131. The summed E-state index contributed by atoms with van der Waals surface area (Å²) >= 11 is 0. The maximum atomic E-state index is 10.5. The average Bonchev–Trinajstić information content (AvgIpc) is 2.44. The Kier molecular flexibility index (Phi) is 5.51. The number of carboxylic acid groups (broad SMARTS) is 1. The predicted molar refractivity (Wildman–Crippen MR) is 69.4 cm³/mol. The van der Waals surface area contributed by atoms with Crippen LogP contribution >= 0.6 is 0 Å². The third-order valence-corrected chi connectivity index (χ3v) is 2.64. The summed E-state index contributed by atoms with van der Waals surface area (Å²) in [5.41, 5.74) is 0.275. The van der Waals surface area contributed by atoms with Gasteiger partial charge in [-0.3, -0.25) is 0 Å². The number of ether oxygens (including phenoxy) is 1. The molecule has 0 heterocycles. The molecule has 0 saturated heterocycles. The third kappa shape index (κ3) is 3.70. The minimum atomic E-state index is -1.54. The molecule has 110 valence electrons. The largest absolute Gasteiger partial charge is 0.504 e. The van der Waals surface area contributed by atoms with Crippen LogP contribution in [0.2, 0.25) is 0 Å². The molecule has 0 radical (unpaired) electrons. The van der Waals surface area contributed by atoms with E-state index in [0.29, 0.717) is 5.56 Å². The number of hydrogen-bond donors (Lipinski definition) is 5. The molecule has 1 aromatic rings. The predicted octanol–water partition coefficient (Wildman–Crippen LogP) is -0.115. The number of methoxy groups -OCH3 is 1. The summed E-state index contributed by atoms with van der Waals surface area (Å²) in [6.07, 6.45) is -0.896. The van der Waals surface area contributed by atoms with Crippen LogP contribution in [0.4, 0.5) is 0 Å². The second kappa shape index (κ2) is 6.90. The molecule has 5 N–H and O–H groups in total. The summed E-state index contributed by atoms with van der Waals surface area (Å²) in [5.74, 6) is -1.54. The van der Waals surface area contributed by atoms with Crippen molar-refractivity contribution < 1.29 is 35.1 Å². The first kappa shape index (κ1) is 16.0. The number of phenols is 1. The molecule has 7 nitrogen and oxygen atoms in total. The van der Waals surface area contributed by atoms with E-state index in [-0.39, 0.29) is 17.1 Å². The van der Waals surface area contributed by atoms with Crippen LogP contribution in [0, 0.1) is 0 Å². The standard InChI is InChI=1S/C13H16O7/c1-20-10-5-7(2-3-11(16)17)4-8(13(10)19)12(18)9(15)6-14/h2-5,9,12,14-15,18-19H,6H2,1H3,(H,16,17). The Morgan fingerprint density at radius 3 is 2.55 bits per heavy atom. The minimum absolute atomic E-state index is 0.0109. The zero-order chi connectivity index (χ0) is 15.3. The summed E-state index contributed by atoms with van der Waals surface area (Å²) in [6, 6.07) is 2.66. The van der Waals surface area contributed by atoms with E-state index in [1.165, 1.54) is 25.3 Å². The number of rotatable bonds is 6. The van der Waals surface area contributed by atoms with Gasteiger partial charge in [-0.25, -0.2) is 4.79 Å². The quantitative estimate of drug-likeness (QED) is 0.461. The fourth-order valence-corrected chi connectivity index (χ4v) is 1.60. The first-order valence-corrected chi connectivity index (χ1v) is 5.69. The normalized spacial score (nSPS) is 14.2. The number of carbonyl (C=O) groups is 1. The molecule has 0 fully saturated rings. The Balaban J connectivity index is 3.28. The van der Waals surface area contributed by atoms with E-state index >= 15 is 0 Å². The van der Waals surface area contributed by atoms with Crippen LogP contribution < -0.4 is 4.74 Å². The Bertz CT molecular complexity index is 510. The molecule has 1 aromatic carbocycles. The Morgan fingerprint density at radius 2 is 2.05 bits per heavy atom. The summed E-state index contributed by atoms with van der Waals surface area (Å²) in [6.45, 7) is -0.696. The Morgan fingerprint density at radius 1 is 1.40 bits per heavy atom. The highest BCUT2D eigenvalue weighted by Crippen LogP contribution is 2.36. The number of phenolic OH excluding ortho intramolecular Hbond substituents is 1. The van der Waals surface area contributed by atoms with Crippen molar-refractivity contribution in [3.8, 4) is 11.5 Å². The van der Waals surface area contributed by atoms with Crippen molar-refractivity contribution in [3.05, 3.63) is 29.3 Å². The van der Waals surface area contributed by atoms with Crippen LogP contribution in [0.15, 0.2) is 18.2 Å². The molecular formula is C13H16O7. The number of benzene rings is 1. The fourth-order valence-electron chi connectivity index (χ4n) is 1.60. The minimum Gasteiger partial charge on any atom is -0.504 e. The van der Waals surface area contributed by atoms with Gasteiger partial charge < -0.3 is 30.3 Å². The number of hydrogen-bond acceptors (Lipinski definition) is 6. The Hall–Kier alpha value is -2.09. The van der Waals surface area contributed by atoms with E-state index < -0.39 is 24.8 Å². The van der Waals surface area contributed by atoms with Gasteiger partial charge in [0, 0.05) is 11.6 Å². The summed E-state index contributed by atoms with van der Waals surface area (Å²) in [4.78, 5) is 10.5. The smallest absolute Gasteiger partial charge is 0.328 e. The average molecular weight is 284 g/mol. The molecule has 0 aliphatic carbocycles. The van der Waals surface area contributed by atoms with Gasteiger partial charge in [0.1, 0.15) is 12.2 Å². The molecule has 2 unspecified atom stereocenters. The van der Waals surface area contributed by atoms with Crippen LogP contribution in [-0.2, 0) is 4.79 Å². The maximum Gasteiger partial charge on any atom is 0.328 e. The molecule has 20 heavy (non-hydrogen) atoms. The highest BCUT2D eigenvalue weighted by atomic mass is 16.5. The third-order valence-electron chi connectivity index (χ3n) is 2.64. The van der Waals surface area contributed by atoms with Gasteiger partial charge in [-0.05, 0) is 23.8 Å². The summed E-state index contributed by atoms with van der Waals surface area (Å²) < 4.78 is 4.91. The van der Waals surface area contributed by atoms with Gasteiger partial charge in [0.05, 0.1) is 13.7 Å². The zero-order valence-electron chi connectivity index (χ0n) is 10.7. The van der Waals surface area contributed by atoms with Gasteiger partial charge in [-0.1, -0.05) is 0 Å². The zero-order valence-corrected chi connectivity index (χ0v) is 10.7. The molecule has 0 aromatic heterocycles. The van der Waals surface area contributed by atoms with E-state index in [9.17, 15) is 20.1 Å². The van der Waals surface area contributed by atoms with E-state index in [1.807, 2.05) is 0 Å². The molecule has 0 bridgehead atoms. The van der Waals surface area contributed by atoms with E-state index in [2.05, 4.69) is 0 Å². The molecule has 1 rings (SSSR count). The van der Waals surface area contributed by atoms with E-state index in [0.717, 1.165) is 6.08 Å². The number of aliphatic hydroxyl groups is 3. The van der Waals surface area contributed by atoms with Crippen LogP contribution in [0.25, 0.3) is 6.08 Å². The summed E-state index contributed by atoms with van der Waals surface area (Å²) in [5, 5.41) is 46.5. The number of aliphatic carboxylic acids is 1. The number of carboxylic acids is 1. The van der Waals surface area contributed by atoms with Crippen LogP contribution in [0.1, 0.15) is 17.2 Å². The lowest BCUT2D eigenvalue weighted by Gasteiger charge is -2.19. The van der Waals surface area contributed by atoms with Gasteiger partial charge >= 0.3 is 5.97 Å². The molecule has 0 amide bonds. The molecular weight excluding hydrogens is 268 g/mol. The number of aromatic hydroxyl groups is 1. The van der Waals surface area contributed by atoms with Gasteiger partial charge in [0.25, 0.3) is 0 Å². The van der Waals surface area contributed by atoms with Gasteiger partial charge in [0.2, 0.25) is 0 Å². The van der Waals surface area contributed by atoms with Crippen LogP contribution in [-0.4, -0.2) is 51.3 Å². The van der Waals surface area contributed by atoms with E-state index in [4.69, 9.17) is 14.9 Å². The van der Waals surface area contributed by atoms with Crippen molar-refractivity contribution in [1.82, 2.24) is 0 Å². The lowest BCUT2D eigenvalue weighted by atomic mass is 10.00. The van der Waals surface area contributed by atoms with Gasteiger partial charge in [0.15, 0.2) is 11.5 Å². The number of aliphatic hydroxyl groups excluding tert-OH is 3. The first-order chi connectivity index (χ1) is 9.40. The van der Waals surface area contributed by atoms with E-state index in [1.54, 1.807) is 0 Å². The fraction of sp³-hybridized carbons (Fsp3) is 0.308. The molecule has 7 heteroatoms. The van der Waals surface area contributed by atoms with Crippen LogP contribution in [0.3, 0.4) is 0 Å². The van der Waals surface area contributed by atoms with Crippen LogP contribution in [0.5, 0.6) is 11.5 Å². The van der Waals surface area contributed by atoms with Gasteiger partial charge in [-0.15, -0.1) is 0 Å². The summed E-state index contributed by atoms with van der Waals surface area (Å²) in [7, 11) is 1.29. The molecule has 0 aliphatic rings. The van der Waals surface area contributed by atoms with Crippen molar-refractivity contribution in [2.24, 2.45) is 0 Å². The monoisotopic (exact) mass is 284 g/mol. The molecule has 0 aliphatic heterocycles. The SMILES string of the molecule is COc1cc(C=CC(=O)O)cc(C(O)C(O)CO)c1O. The highest BCUT2D eigenvalue weighted by Gasteiger charge is 2.23. The second-order valence-electron chi connectivity index (χ2n) is 4.03. The molecule has 0 spiro atoms. The lowest BCUT2D eigenvalue weighted by Crippen LogP contribution is -2.22. The maximum absolute atomic E-state index is 10.5. The van der Waals surface area contributed by atoms with Gasteiger partial charge in [-0.2, -0.15) is 0 Å². The van der Waals surface area contributed by atoms with Crippen molar-refractivity contribution in [2.45, 2.75) is 12.2 Å². The molecule has 2 atom stereocenters. The first-order valence-electron chi connectivity index (χ1n) is 5.69. The van der Waals surface area contributed by atoms with Crippen molar-refractivity contribution >= 4 is 12.0 Å². The van der Waals surface area contributed by atoms with Crippen molar-refractivity contribution in [1.29, 1.82) is 0 Å². The molecule has 0 saturated carbocycles. The highest BCUT2D eigenvalue weighted by molar-refractivity contribution is 5.85. The topological polar surface area (TPSA) is 127 Å².